The summed E-state index contributed by atoms with van der Waals surface area (Å²) in [6, 6.07) is 4.90. The Bertz CT molecular complexity index is 749. The van der Waals surface area contributed by atoms with Crippen molar-refractivity contribution in [1.29, 1.82) is 0 Å². The highest BCUT2D eigenvalue weighted by atomic mass is 32.2. The molecule has 1 heterocycles. The molecule has 6 nitrogen and oxygen atoms in total. The van der Waals surface area contributed by atoms with E-state index in [1.165, 1.54) is 16.4 Å². The smallest absolute Gasteiger partial charge is 0.341 e. The minimum atomic E-state index is -4.60. The summed E-state index contributed by atoms with van der Waals surface area (Å²) in [6.07, 6.45) is 2.63. The van der Waals surface area contributed by atoms with Crippen LogP contribution in [0.3, 0.4) is 0 Å². The van der Waals surface area contributed by atoms with E-state index in [1.807, 2.05) is 0 Å². The molecule has 10 heteroatoms. The molecule has 1 aliphatic heterocycles. The van der Waals surface area contributed by atoms with Crippen molar-refractivity contribution in [3.63, 3.8) is 0 Å². The number of benzene rings is 1. The van der Waals surface area contributed by atoms with Crippen LogP contribution in [0.25, 0.3) is 0 Å². The van der Waals surface area contributed by atoms with Crippen molar-refractivity contribution in [1.82, 2.24) is 4.31 Å². The first-order valence-corrected chi connectivity index (χ1v) is 10.3. The predicted octanol–water partition coefficient (Wildman–Crippen LogP) is 1.52. The Morgan fingerprint density at radius 3 is 2.30 bits per heavy atom. The van der Waals surface area contributed by atoms with Gasteiger partial charge in [0.25, 0.3) is 0 Å². The second-order valence-corrected chi connectivity index (χ2v) is 9.33. The van der Waals surface area contributed by atoms with E-state index in [-0.39, 0.29) is 6.04 Å². The van der Waals surface area contributed by atoms with Gasteiger partial charge in [0.2, 0.25) is 19.9 Å². The number of anilines is 1. The van der Waals surface area contributed by atoms with Crippen LogP contribution in [0.5, 0.6) is 0 Å². The standard InChI is InChI=1S/C13H18F2N2O4S2/c1-22(18,19)17-8-2-3-11(9-17)16-10-4-6-12(7-5-10)23(20,21)13(14)15/h4-7,11,13,16H,2-3,8-9H2,1H3/t11-/m1/s1. The molecule has 1 atom stereocenters. The van der Waals surface area contributed by atoms with Gasteiger partial charge >= 0.3 is 5.76 Å². The Morgan fingerprint density at radius 1 is 1.17 bits per heavy atom. The zero-order valence-corrected chi connectivity index (χ0v) is 14.1. The van der Waals surface area contributed by atoms with Crippen molar-refractivity contribution in [2.24, 2.45) is 0 Å². The predicted molar refractivity (Wildman–Crippen MR) is 82.7 cm³/mol. The van der Waals surface area contributed by atoms with Crippen LogP contribution in [-0.4, -0.2) is 52.3 Å². The maximum absolute atomic E-state index is 12.5. The number of nitrogens with zero attached hydrogens (tertiary/aromatic N) is 1. The lowest BCUT2D eigenvalue weighted by molar-refractivity contribution is 0.234. The van der Waals surface area contributed by atoms with Crippen LogP contribution < -0.4 is 5.32 Å². The Balaban J connectivity index is 2.07. The summed E-state index contributed by atoms with van der Waals surface area (Å²) in [5.41, 5.74) is 0.554. The fourth-order valence-electron chi connectivity index (χ4n) is 2.44. The van der Waals surface area contributed by atoms with E-state index in [9.17, 15) is 25.6 Å². The van der Waals surface area contributed by atoms with E-state index in [0.29, 0.717) is 25.2 Å². The number of rotatable bonds is 5. The molecule has 1 aliphatic rings. The van der Waals surface area contributed by atoms with E-state index in [0.717, 1.165) is 24.8 Å². The summed E-state index contributed by atoms with van der Waals surface area (Å²) in [7, 11) is -7.86. The van der Waals surface area contributed by atoms with Gasteiger partial charge in [-0.2, -0.15) is 8.78 Å². The highest BCUT2D eigenvalue weighted by Crippen LogP contribution is 2.22. The molecule has 2 rings (SSSR count). The molecule has 1 saturated heterocycles. The molecule has 1 aromatic rings. The molecule has 0 unspecified atom stereocenters. The molecular formula is C13H18F2N2O4S2. The quantitative estimate of drug-likeness (QED) is 0.852. The van der Waals surface area contributed by atoms with E-state index in [4.69, 9.17) is 0 Å². The van der Waals surface area contributed by atoms with Crippen LogP contribution in [0.1, 0.15) is 12.8 Å². The van der Waals surface area contributed by atoms with Gasteiger partial charge in [0.15, 0.2) is 0 Å². The molecule has 0 radical (unpaired) electrons. The van der Waals surface area contributed by atoms with E-state index in [1.54, 1.807) is 0 Å². The summed E-state index contributed by atoms with van der Waals surface area (Å²) >= 11 is 0. The third-order valence-electron chi connectivity index (χ3n) is 3.64. The van der Waals surface area contributed by atoms with Crippen LogP contribution >= 0.6 is 0 Å². The fourth-order valence-corrected chi connectivity index (χ4v) is 4.07. The number of halogens is 2. The maximum atomic E-state index is 12.5. The van der Waals surface area contributed by atoms with Crippen LogP contribution in [0, 0.1) is 0 Å². The topological polar surface area (TPSA) is 83.6 Å². The van der Waals surface area contributed by atoms with Gasteiger partial charge in [-0.15, -0.1) is 0 Å². The second-order valence-electron chi connectivity index (χ2n) is 5.43. The van der Waals surface area contributed by atoms with Crippen molar-refractivity contribution in [3.05, 3.63) is 24.3 Å². The van der Waals surface area contributed by atoms with Crippen molar-refractivity contribution in [2.75, 3.05) is 24.7 Å². The van der Waals surface area contributed by atoms with Gasteiger partial charge < -0.3 is 5.32 Å². The minimum absolute atomic E-state index is 0.115. The highest BCUT2D eigenvalue weighted by molar-refractivity contribution is 7.91. The SMILES string of the molecule is CS(=O)(=O)N1CCC[C@@H](Nc2ccc(S(=O)(=O)C(F)F)cc2)C1. The van der Waals surface area contributed by atoms with Crippen LogP contribution in [0.15, 0.2) is 29.2 Å². The Labute approximate surface area is 134 Å². The van der Waals surface area contributed by atoms with E-state index < -0.39 is 30.5 Å². The van der Waals surface area contributed by atoms with E-state index >= 15 is 0 Å². The third kappa shape index (κ3) is 4.39. The maximum Gasteiger partial charge on any atom is 0.341 e. The molecule has 0 aromatic heterocycles. The zero-order chi connectivity index (χ0) is 17.3. The van der Waals surface area contributed by atoms with Crippen molar-refractivity contribution < 1.29 is 25.6 Å². The van der Waals surface area contributed by atoms with Gasteiger partial charge in [-0.05, 0) is 37.1 Å². The number of sulfonamides is 1. The Hall–Kier alpha value is -1.26. The van der Waals surface area contributed by atoms with Gasteiger partial charge in [0, 0.05) is 24.8 Å². The number of alkyl halides is 2. The lowest BCUT2D eigenvalue weighted by Crippen LogP contribution is -2.44. The van der Waals surface area contributed by atoms with Gasteiger partial charge in [0.1, 0.15) is 0 Å². The number of sulfone groups is 1. The van der Waals surface area contributed by atoms with Crippen molar-refractivity contribution in [2.45, 2.75) is 29.5 Å². The molecule has 1 fully saturated rings. The Kier molecular flexibility index (Phi) is 5.27. The summed E-state index contributed by atoms with van der Waals surface area (Å²) in [6.45, 7) is 0.790. The second kappa shape index (κ2) is 6.70. The van der Waals surface area contributed by atoms with Crippen molar-refractivity contribution in [3.8, 4) is 0 Å². The number of piperidine rings is 1. The zero-order valence-electron chi connectivity index (χ0n) is 12.4. The largest absolute Gasteiger partial charge is 0.381 e. The molecule has 1 N–H and O–H groups in total. The van der Waals surface area contributed by atoms with Gasteiger partial charge in [-0.25, -0.2) is 21.1 Å². The summed E-state index contributed by atoms with van der Waals surface area (Å²) in [5, 5.41) is 3.10. The molecule has 0 saturated carbocycles. The normalized spacial score (nSPS) is 20.6. The number of hydrogen-bond acceptors (Lipinski definition) is 5. The molecule has 0 amide bonds. The Morgan fingerprint density at radius 2 is 1.78 bits per heavy atom. The minimum Gasteiger partial charge on any atom is -0.381 e. The molecule has 23 heavy (non-hydrogen) atoms. The average Bonchev–Trinajstić information content (AvgIpc) is 2.47. The highest BCUT2D eigenvalue weighted by Gasteiger charge is 2.27. The lowest BCUT2D eigenvalue weighted by atomic mass is 10.1. The first kappa shape index (κ1) is 18.1. The van der Waals surface area contributed by atoms with Crippen LogP contribution in [0.2, 0.25) is 0 Å². The molecule has 0 spiro atoms. The molecule has 1 aromatic carbocycles. The molecule has 0 aliphatic carbocycles. The third-order valence-corrected chi connectivity index (χ3v) is 6.31. The monoisotopic (exact) mass is 368 g/mol. The average molecular weight is 368 g/mol. The van der Waals surface area contributed by atoms with Crippen LogP contribution in [-0.2, 0) is 19.9 Å². The van der Waals surface area contributed by atoms with Gasteiger partial charge in [0.05, 0.1) is 11.2 Å². The summed E-state index contributed by atoms with van der Waals surface area (Å²) in [5.74, 6) is -3.46. The molecule has 130 valence electrons. The van der Waals surface area contributed by atoms with Gasteiger partial charge in [-0.3, -0.25) is 0 Å². The van der Waals surface area contributed by atoms with Gasteiger partial charge in [-0.1, -0.05) is 0 Å². The molecule has 0 bridgehead atoms. The fraction of sp³-hybridized carbons (Fsp3) is 0.538. The number of hydrogen-bond donors (Lipinski definition) is 1. The first-order chi connectivity index (χ1) is 10.6. The summed E-state index contributed by atoms with van der Waals surface area (Å²) < 4.78 is 72.1. The lowest BCUT2D eigenvalue weighted by Gasteiger charge is -2.32. The van der Waals surface area contributed by atoms with E-state index in [2.05, 4.69) is 5.32 Å². The van der Waals surface area contributed by atoms with Crippen LogP contribution in [0.4, 0.5) is 14.5 Å². The first-order valence-electron chi connectivity index (χ1n) is 6.94. The molecular weight excluding hydrogens is 350 g/mol. The summed E-state index contributed by atoms with van der Waals surface area (Å²) in [4.78, 5) is -0.445. The van der Waals surface area contributed by atoms with Crippen molar-refractivity contribution >= 4 is 25.5 Å². The number of nitrogens with one attached hydrogen (secondary N) is 1.